The molecule has 30 heavy (non-hydrogen) atoms. The lowest BCUT2D eigenvalue weighted by molar-refractivity contribution is 0.0312. The number of hydrogen-bond donors (Lipinski definition) is 2. The van der Waals surface area contributed by atoms with Crippen molar-refractivity contribution in [3.63, 3.8) is 0 Å². The molecule has 11 heteroatoms. The van der Waals surface area contributed by atoms with Gasteiger partial charge in [0.15, 0.2) is 6.10 Å². The minimum atomic E-state index is -4.17. The van der Waals surface area contributed by atoms with E-state index in [9.17, 15) is 27.2 Å². The number of carbonyl (C=O) groups excluding carboxylic acids is 3. The van der Waals surface area contributed by atoms with E-state index >= 15 is 0 Å². The Morgan fingerprint density at radius 2 is 1.83 bits per heavy atom. The fraction of sp³-hybridized carbons (Fsp3) is 0.316. The van der Waals surface area contributed by atoms with E-state index in [2.05, 4.69) is 4.98 Å². The fourth-order valence-electron chi connectivity index (χ4n) is 2.82. The normalized spacial score (nSPS) is 12.3. The summed E-state index contributed by atoms with van der Waals surface area (Å²) in [5.74, 6) is -3.55. The Hall–Kier alpha value is -3.05. The first kappa shape index (κ1) is 23.2. The number of hydrogen-bond acceptors (Lipinski definition) is 7. The number of aromatic amines is 1. The van der Waals surface area contributed by atoms with E-state index in [0.717, 1.165) is 18.2 Å². The van der Waals surface area contributed by atoms with Crippen LogP contribution in [0.2, 0.25) is 0 Å². The highest BCUT2D eigenvalue weighted by molar-refractivity contribution is 7.89. The molecule has 2 aromatic rings. The second-order valence-corrected chi connectivity index (χ2v) is 8.01. The second-order valence-electron chi connectivity index (χ2n) is 6.44. The maximum Gasteiger partial charge on any atom is 0.341 e. The number of primary sulfonamides is 1. The number of nitrogens with two attached hydrogens (primary N) is 1. The third-order valence-electron chi connectivity index (χ3n) is 4.30. The molecule has 1 aromatic carbocycles. The zero-order valence-electron chi connectivity index (χ0n) is 16.7. The number of benzene rings is 1. The van der Waals surface area contributed by atoms with Crippen LogP contribution in [-0.2, 0) is 19.5 Å². The summed E-state index contributed by atoms with van der Waals surface area (Å²) in [7, 11) is -4.17. The van der Waals surface area contributed by atoms with Gasteiger partial charge < -0.3 is 14.5 Å². The number of rotatable bonds is 7. The predicted octanol–water partition coefficient (Wildman–Crippen LogP) is 2.02. The number of ketones is 1. The average Bonchev–Trinajstić information content (AvgIpc) is 2.94. The standard InChI is InChI=1S/C19H21FN2O7S/c1-5-28-19(25)15-9(2)16(22-10(15)3)17(23)11(4)29-18(24)13-8-12(30(21,26)27)6-7-14(13)20/h6-8,11,22H,5H2,1-4H3,(H2,21,26,27). The van der Waals surface area contributed by atoms with Crippen molar-refractivity contribution in [2.45, 2.75) is 38.7 Å². The number of sulfonamides is 1. The van der Waals surface area contributed by atoms with Gasteiger partial charge in [-0.1, -0.05) is 0 Å². The van der Waals surface area contributed by atoms with Crippen LogP contribution in [0.1, 0.15) is 56.3 Å². The van der Waals surface area contributed by atoms with Crippen LogP contribution < -0.4 is 5.14 Å². The Bertz CT molecular complexity index is 1120. The molecule has 0 spiro atoms. The zero-order chi connectivity index (χ0) is 22.8. The van der Waals surface area contributed by atoms with Crippen molar-refractivity contribution >= 4 is 27.7 Å². The third kappa shape index (κ3) is 4.74. The summed E-state index contributed by atoms with van der Waals surface area (Å²) in [6.45, 7) is 6.19. The van der Waals surface area contributed by atoms with Crippen LogP contribution in [0.3, 0.4) is 0 Å². The van der Waals surface area contributed by atoms with E-state index in [1.807, 2.05) is 0 Å². The van der Waals surface area contributed by atoms with Crippen molar-refractivity contribution in [3.05, 3.63) is 52.1 Å². The van der Waals surface area contributed by atoms with Gasteiger partial charge in [0.25, 0.3) is 0 Å². The van der Waals surface area contributed by atoms with Crippen LogP contribution in [0.25, 0.3) is 0 Å². The zero-order valence-corrected chi connectivity index (χ0v) is 17.6. The lowest BCUT2D eigenvalue weighted by Gasteiger charge is -2.13. The van der Waals surface area contributed by atoms with Gasteiger partial charge in [-0.25, -0.2) is 27.5 Å². The van der Waals surface area contributed by atoms with Gasteiger partial charge in [-0.3, -0.25) is 4.79 Å². The summed E-state index contributed by atoms with van der Waals surface area (Å²) < 4.78 is 46.8. The third-order valence-corrected chi connectivity index (χ3v) is 5.21. The number of Topliss-reactive ketones (excluding diaryl/α,β-unsaturated/α-hetero) is 1. The summed E-state index contributed by atoms with van der Waals surface area (Å²) in [5.41, 5.74) is 0.272. The number of ether oxygens (including phenoxy) is 2. The molecule has 0 aliphatic heterocycles. The van der Waals surface area contributed by atoms with Crippen LogP contribution in [0.15, 0.2) is 23.1 Å². The summed E-state index contributed by atoms with van der Waals surface area (Å²) in [4.78, 5) is 39.4. The van der Waals surface area contributed by atoms with Gasteiger partial charge in [-0.15, -0.1) is 0 Å². The van der Waals surface area contributed by atoms with Crippen LogP contribution >= 0.6 is 0 Å². The highest BCUT2D eigenvalue weighted by Crippen LogP contribution is 2.22. The Kier molecular flexibility index (Phi) is 6.78. The van der Waals surface area contributed by atoms with Crippen molar-refractivity contribution in [3.8, 4) is 0 Å². The quantitative estimate of drug-likeness (QED) is 0.495. The highest BCUT2D eigenvalue weighted by Gasteiger charge is 2.28. The summed E-state index contributed by atoms with van der Waals surface area (Å²) in [6.07, 6.45) is -1.36. The number of aromatic nitrogens is 1. The van der Waals surface area contributed by atoms with Crippen LogP contribution in [0.5, 0.6) is 0 Å². The molecule has 0 aliphatic carbocycles. The first-order chi connectivity index (χ1) is 13.9. The smallest absolute Gasteiger partial charge is 0.341 e. The average molecular weight is 440 g/mol. The van der Waals surface area contributed by atoms with Crippen molar-refractivity contribution < 1.29 is 36.7 Å². The molecule has 0 saturated carbocycles. The maximum atomic E-state index is 14.0. The van der Waals surface area contributed by atoms with Gasteiger partial charge in [0.05, 0.1) is 28.3 Å². The number of H-pyrrole nitrogens is 1. The molecule has 0 bridgehead atoms. The molecule has 1 aromatic heterocycles. The molecular formula is C19H21FN2O7S. The molecule has 3 N–H and O–H groups in total. The Morgan fingerprint density at radius 3 is 2.40 bits per heavy atom. The van der Waals surface area contributed by atoms with E-state index < -0.39 is 50.1 Å². The minimum Gasteiger partial charge on any atom is -0.462 e. The number of carbonyl (C=O) groups is 3. The lowest BCUT2D eigenvalue weighted by atomic mass is 10.1. The van der Waals surface area contributed by atoms with Gasteiger partial charge >= 0.3 is 11.9 Å². The first-order valence-corrected chi connectivity index (χ1v) is 10.4. The molecular weight excluding hydrogens is 419 g/mol. The number of halogens is 1. The minimum absolute atomic E-state index is 0.0367. The topological polar surface area (TPSA) is 146 Å². The molecule has 0 amide bonds. The van der Waals surface area contributed by atoms with Gasteiger partial charge in [-0.2, -0.15) is 0 Å². The van der Waals surface area contributed by atoms with Gasteiger partial charge in [0.1, 0.15) is 5.82 Å². The SMILES string of the molecule is CCOC(=O)c1c(C)[nH]c(C(=O)C(C)OC(=O)c2cc(S(N)(=O)=O)ccc2F)c1C. The Labute approximate surface area is 172 Å². The molecule has 0 fully saturated rings. The van der Waals surface area contributed by atoms with Crippen molar-refractivity contribution in [1.29, 1.82) is 0 Å². The predicted molar refractivity (Wildman–Crippen MR) is 103 cm³/mol. The van der Waals surface area contributed by atoms with Crippen molar-refractivity contribution in [2.24, 2.45) is 5.14 Å². The van der Waals surface area contributed by atoms with Crippen molar-refractivity contribution in [2.75, 3.05) is 6.61 Å². The molecule has 1 heterocycles. The summed E-state index contributed by atoms with van der Waals surface area (Å²) in [5, 5.41) is 4.98. The molecule has 0 saturated heterocycles. The molecule has 1 atom stereocenters. The number of nitrogens with one attached hydrogen (secondary N) is 1. The van der Waals surface area contributed by atoms with Crippen molar-refractivity contribution in [1.82, 2.24) is 4.98 Å². The van der Waals surface area contributed by atoms with Gasteiger partial charge in [0.2, 0.25) is 15.8 Å². The van der Waals surface area contributed by atoms with E-state index in [1.54, 1.807) is 13.8 Å². The lowest BCUT2D eigenvalue weighted by Crippen LogP contribution is -2.26. The molecule has 0 aliphatic rings. The molecule has 162 valence electrons. The molecule has 2 rings (SSSR count). The number of aryl methyl sites for hydroxylation is 1. The molecule has 1 unspecified atom stereocenters. The Balaban J connectivity index is 2.28. The van der Waals surface area contributed by atoms with Crippen LogP contribution in [-0.4, -0.2) is 43.8 Å². The monoisotopic (exact) mass is 440 g/mol. The summed E-state index contributed by atoms with van der Waals surface area (Å²) >= 11 is 0. The van der Waals surface area contributed by atoms with Crippen LogP contribution in [0.4, 0.5) is 4.39 Å². The molecule has 0 radical (unpaired) electrons. The van der Waals surface area contributed by atoms with E-state index in [1.165, 1.54) is 13.8 Å². The molecule has 9 nitrogen and oxygen atoms in total. The van der Waals surface area contributed by atoms with E-state index in [0.29, 0.717) is 11.3 Å². The summed E-state index contributed by atoms with van der Waals surface area (Å²) in [6, 6.07) is 2.39. The maximum absolute atomic E-state index is 14.0. The Morgan fingerprint density at radius 1 is 1.20 bits per heavy atom. The van der Waals surface area contributed by atoms with E-state index in [-0.39, 0.29) is 17.9 Å². The largest absolute Gasteiger partial charge is 0.462 e. The fourth-order valence-corrected chi connectivity index (χ4v) is 3.36. The van der Waals surface area contributed by atoms with Gasteiger partial charge in [0, 0.05) is 5.69 Å². The van der Waals surface area contributed by atoms with Gasteiger partial charge in [-0.05, 0) is 51.5 Å². The number of esters is 2. The second kappa shape index (κ2) is 8.76. The van der Waals surface area contributed by atoms with Crippen LogP contribution in [0, 0.1) is 19.7 Å². The highest BCUT2D eigenvalue weighted by atomic mass is 32.2. The first-order valence-electron chi connectivity index (χ1n) is 8.82. The van der Waals surface area contributed by atoms with E-state index in [4.69, 9.17) is 14.6 Å².